The summed E-state index contributed by atoms with van der Waals surface area (Å²) >= 11 is 0. The molecule has 3 rings (SSSR count). The van der Waals surface area contributed by atoms with E-state index in [1.165, 1.54) is 38.5 Å². The number of carbonyl (C=O) groups is 1. The molecular formula is C14H22N2O. The van der Waals surface area contributed by atoms with Gasteiger partial charge in [0.05, 0.1) is 0 Å². The number of urea groups is 1. The van der Waals surface area contributed by atoms with Crippen LogP contribution in [0.4, 0.5) is 4.79 Å². The van der Waals surface area contributed by atoms with Gasteiger partial charge in [-0.1, -0.05) is 24.0 Å². The maximum absolute atomic E-state index is 12.0. The zero-order valence-electron chi connectivity index (χ0n) is 10.5. The predicted molar refractivity (Wildman–Crippen MR) is 67.9 cm³/mol. The molecule has 1 heterocycles. The van der Waals surface area contributed by atoms with Crippen molar-refractivity contribution < 1.29 is 4.79 Å². The van der Waals surface area contributed by atoms with Crippen LogP contribution in [0.15, 0.2) is 11.1 Å². The second kappa shape index (κ2) is 4.71. The quantitative estimate of drug-likeness (QED) is 0.695. The smallest absolute Gasteiger partial charge is 0.317 e. The lowest BCUT2D eigenvalue weighted by Crippen LogP contribution is -2.46. The summed E-state index contributed by atoms with van der Waals surface area (Å²) in [5.41, 5.74) is 3.33. The van der Waals surface area contributed by atoms with Gasteiger partial charge in [0.25, 0.3) is 0 Å². The van der Waals surface area contributed by atoms with Gasteiger partial charge in [0.15, 0.2) is 0 Å². The van der Waals surface area contributed by atoms with Crippen LogP contribution in [0.25, 0.3) is 0 Å². The Hall–Kier alpha value is -0.990. The summed E-state index contributed by atoms with van der Waals surface area (Å²) in [6, 6.07) is 0.627. The molecule has 3 aliphatic rings. The van der Waals surface area contributed by atoms with E-state index >= 15 is 0 Å². The van der Waals surface area contributed by atoms with Crippen molar-refractivity contribution >= 4 is 6.03 Å². The third kappa shape index (κ3) is 2.64. The summed E-state index contributed by atoms with van der Waals surface area (Å²) in [6.07, 6.45) is 9.79. The Morgan fingerprint density at radius 1 is 1.00 bits per heavy atom. The molecule has 3 fully saturated rings. The van der Waals surface area contributed by atoms with Gasteiger partial charge in [-0.05, 0) is 38.5 Å². The molecule has 94 valence electrons. The lowest BCUT2D eigenvalue weighted by atomic mass is 10.0. The van der Waals surface area contributed by atoms with E-state index in [0.717, 1.165) is 25.9 Å². The van der Waals surface area contributed by atoms with E-state index in [1.54, 1.807) is 11.1 Å². The summed E-state index contributed by atoms with van der Waals surface area (Å²) in [7, 11) is 0. The highest BCUT2D eigenvalue weighted by atomic mass is 16.2. The van der Waals surface area contributed by atoms with Crippen molar-refractivity contribution in [1.82, 2.24) is 10.2 Å². The maximum Gasteiger partial charge on any atom is 0.317 e. The van der Waals surface area contributed by atoms with Crippen LogP contribution >= 0.6 is 0 Å². The molecule has 0 aromatic rings. The Morgan fingerprint density at radius 2 is 1.59 bits per heavy atom. The monoisotopic (exact) mass is 234 g/mol. The molecule has 0 unspecified atom stereocenters. The van der Waals surface area contributed by atoms with E-state index in [1.807, 2.05) is 4.90 Å². The van der Waals surface area contributed by atoms with Crippen LogP contribution in [-0.4, -0.2) is 30.1 Å². The van der Waals surface area contributed by atoms with E-state index in [2.05, 4.69) is 5.32 Å². The summed E-state index contributed by atoms with van der Waals surface area (Å²) in [6.45, 7) is 1.86. The normalized spacial score (nSPS) is 25.3. The second-order valence-corrected chi connectivity index (χ2v) is 5.63. The van der Waals surface area contributed by atoms with Gasteiger partial charge in [-0.15, -0.1) is 0 Å². The standard InChI is InChI=1S/C14H22N2O/c17-14(15-13-3-1-2-4-13)16-9-7-12(8-10-16)11-5-6-11/h13H,1-10H2,(H,15,17). The van der Waals surface area contributed by atoms with Crippen molar-refractivity contribution in [2.45, 2.75) is 57.4 Å². The molecular weight excluding hydrogens is 212 g/mol. The van der Waals surface area contributed by atoms with Crippen LogP contribution in [-0.2, 0) is 0 Å². The molecule has 17 heavy (non-hydrogen) atoms. The predicted octanol–water partition coefficient (Wildman–Crippen LogP) is 2.82. The first kappa shape index (κ1) is 11.1. The first-order valence-electron chi connectivity index (χ1n) is 7.08. The van der Waals surface area contributed by atoms with Crippen molar-refractivity contribution in [3.63, 3.8) is 0 Å². The van der Waals surface area contributed by atoms with Crippen LogP contribution in [0.5, 0.6) is 0 Å². The van der Waals surface area contributed by atoms with Crippen molar-refractivity contribution in [3.8, 4) is 0 Å². The summed E-state index contributed by atoms with van der Waals surface area (Å²) in [4.78, 5) is 14.0. The molecule has 2 amide bonds. The van der Waals surface area contributed by atoms with Crippen molar-refractivity contribution in [2.24, 2.45) is 0 Å². The number of piperidine rings is 1. The summed E-state index contributed by atoms with van der Waals surface area (Å²) in [5.74, 6) is 0. The fourth-order valence-corrected chi connectivity index (χ4v) is 3.09. The Balaban J connectivity index is 1.48. The van der Waals surface area contributed by atoms with Crippen molar-refractivity contribution in [3.05, 3.63) is 11.1 Å². The van der Waals surface area contributed by atoms with Crippen LogP contribution in [0.2, 0.25) is 0 Å². The molecule has 3 nitrogen and oxygen atoms in total. The number of carbonyl (C=O) groups excluding carboxylic acids is 1. The fraction of sp³-hybridized carbons (Fsp3) is 0.786. The van der Waals surface area contributed by atoms with Gasteiger partial charge in [0.2, 0.25) is 0 Å². The lowest BCUT2D eigenvalue weighted by molar-refractivity contribution is 0.189. The van der Waals surface area contributed by atoms with Crippen LogP contribution < -0.4 is 5.32 Å². The molecule has 0 aromatic carbocycles. The zero-order valence-corrected chi connectivity index (χ0v) is 10.5. The van der Waals surface area contributed by atoms with Gasteiger partial charge in [-0.3, -0.25) is 0 Å². The number of nitrogens with zero attached hydrogens (tertiary/aromatic N) is 1. The summed E-state index contributed by atoms with van der Waals surface area (Å²) < 4.78 is 0. The third-order valence-corrected chi connectivity index (χ3v) is 4.34. The van der Waals surface area contributed by atoms with Gasteiger partial charge in [-0.2, -0.15) is 0 Å². The van der Waals surface area contributed by atoms with Crippen molar-refractivity contribution in [1.29, 1.82) is 0 Å². The highest BCUT2D eigenvalue weighted by Gasteiger charge is 2.26. The highest BCUT2D eigenvalue weighted by molar-refractivity contribution is 5.74. The molecule has 1 aliphatic heterocycles. The van der Waals surface area contributed by atoms with Crippen molar-refractivity contribution in [2.75, 3.05) is 13.1 Å². The third-order valence-electron chi connectivity index (χ3n) is 4.34. The highest BCUT2D eigenvalue weighted by Crippen LogP contribution is 2.36. The van der Waals surface area contributed by atoms with E-state index in [4.69, 9.17) is 0 Å². The van der Waals surface area contributed by atoms with Crippen LogP contribution in [0, 0.1) is 0 Å². The SMILES string of the molecule is O=C(NC1CCCC1)N1CCC(=C2CC2)CC1. The lowest BCUT2D eigenvalue weighted by Gasteiger charge is -2.30. The molecule has 2 aliphatic carbocycles. The molecule has 0 aromatic heterocycles. The largest absolute Gasteiger partial charge is 0.335 e. The number of rotatable bonds is 1. The fourth-order valence-electron chi connectivity index (χ4n) is 3.09. The van der Waals surface area contributed by atoms with E-state index in [9.17, 15) is 4.79 Å². The van der Waals surface area contributed by atoms with E-state index in [-0.39, 0.29) is 6.03 Å². The number of hydrogen-bond acceptors (Lipinski definition) is 1. The zero-order chi connectivity index (χ0) is 11.7. The average molecular weight is 234 g/mol. The number of nitrogens with one attached hydrogen (secondary N) is 1. The number of hydrogen-bond donors (Lipinski definition) is 1. The van der Waals surface area contributed by atoms with E-state index < -0.39 is 0 Å². The minimum atomic E-state index is 0.178. The topological polar surface area (TPSA) is 32.3 Å². The van der Waals surface area contributed by atoms with E-state index in [0.29, 0.717) is 6.04 Å². The molecule has 2 saturated carbocycles. The molecule has 1 N–H and O–H groups in total. The molecule has 0 atom stereocenters. The molecule has 0 spiro atoms. The minimum absolute atomic E-state index is 0.178. The average Bonchev–Trinajstić information content (AvgIpc) is 3.09. The number of likely N-dealkylation sites (tertiary alicyclic amines) is 1. The Bertz CT molecular complexity index is 326. The van der Waals surface area contributed by atoms with Crippen LogP contribution in [0.3, 0.4) is 0 Å². The van der Waals surface area contributed by atoms with Gasteiger partial charge >= 0.3 is 6.03 Å². The Labute approximate surface area is 103 Å². The molecule has 1 saturated heterocycles. The first-order chi connectivity index (χ1) is 8.33. The van der Waals surface area contributed by atoms with Gasteiger partial charge in [0, 0.05) is 19.1 Å². The second-order valence-electron chi connectivity index (χ2n) is 5.63. The number of amides is 2. The molecule has 0 radical (unpaired) electrons. The Kier molecular flexibility index (Phi) is 3.08. The molecule has 3 heteroatoms. The van der Waals surface area contributed by atoms with Crippen LogP contribution in [0.1, 0.15) is 51.4 Å². The summed E-state index contributed by atoms with van der Waals surface area (Å²) in [5, 5.41) is 3.18. The van der Waals surface area contributed by atoms with Gasteiger partial charge < -0.3 is 10.2 Å². The van der Waals surface area contributed by atoms with Gasteiger partial charge in [0.1, 0.15) is 0 Å². The van der Waals surface area contributed by atoms with Gasteiger partial charge in [-0.25, -0.2) is 4.79 Å². The minimum Gasteiger partial charge on any atom is -0.335 e. The first-order valence-corrected chi connectivity index (χ1v) is 7.08. The number of allylic oxidation sites excluding steroid dienone is 1. The maximum atomic E-state index is 12.0. The molecule has 0 bridgehead atoms. The Morgan fingerprint density at radius 3 is 2.18 bits per heavy atom.